The Balaban J connectivity index is 2.83. The molecule has 0 atom stereocenters. The summed E-state index contributed by atoms with van der Waals surface area (Å²) in [5, 5.41) is 9.11. The summed E-state index contributed by atoms with van der Waals surface area (Å²) in [7, 11) is -0.386. The van der Waals surface area contributed by atoms with E-state index < -0.39 is 10.0 Å². The highest BCUT2D eigenvalue weighted by atomic mass is 32.2. The Morgan fingerprint density at radius 1 is 1.10 bits per heavy atom. The summed E-state index contributed by atoms with van der Waals surface area (Å²) in [6.45, 7) is 1.15. The van der Waals surface area contributed by atoms with E-state index in [-0.39, 0.29) is 12.4 Å². The maximum Gasteiger partial charge on any atom is 0.218 e. The third kappa shape index (κ3) is 6.11. The van der Waals surface area contributed by atoms with E-state index in [2.05, 4.69) is 0 Å². The molecule has 0 saturated carbocycles. The average Bonchev–Trinajstić information content (AvgIpc) is 2.46. The Labute approximate surface area is 126 Å². The van der Waals surface area contributed by atoms with Crippen LogP contribution in [0.25, 0.3) is 0 Å². The zero-order valence-electron chi connectivity index (χ0n) is 12.5. The van der Waals surface area contributed by atoms with Gasteiger partial charge in [-0.3, -0.25) is 0 Å². The van der Waals surface area contributed by atoms with Crippen molar-refractivity contribution in [3.05, 3.63) is 35.4 Å². The van der Waals surface area contributed by atoms with Crippen LogP contribution < -0.4 is 0 Å². The van der Waals surface area contributed by atoms with Crippen LogP contribution in [0.3, 0.4) is 0 Å². The molecule has 6 nitrogen and oxygen atoms in total. The summed E-state index contributed by atoms with van der Waals surface area (Å²) in [5.74, 6) is -0.103. The van der Waals surface area contributed by atoms with Crippen molar-refractivity contribution < 1.29 is 23.0 Å². The van der Waals surface area contributed by atoms with Crippen LogP contribution in [0.1, 0.15) is 11.1 Å². The lowest BCUT2D eigenvalue weighted by Crippen LogP contribution is -2.37. The van der Waals surface area contributed by atoms with Gasteiger partial charge in [0.15, 0.2) is 0 Å². The van der Waals surface area contributed by atoms with Gasteiger partial charge >= 0.3 is 0 Å². The molecule has 0 fully saturated rings. The normalized spacial score (nSPS) is 12.0. The van der Waals surface area contributed by atoms with Gasteiger partial charge in [-0.2, -0.15) is 4.31 Å². The minimum Gasteiger partial charge on any atom is -0.392 e. The zero-order valence-corrected chi connectivity index (χ0v) is 13.3. The van der Waals surface area contributed by atoms with Crippen LogP contribution in [-0.2, 0) is 31.9 Å². The van der Waals surface area contributed by atoms with E-state index in [0.717, 1.165) is 0 Å². The number of aliphatic hydroxyl groups excluding tert-OH is 1. The highest BCUT2D eigenvalue weighted by Gasteiger charge is 2.22. The van der Waals surface area contributed by atoms with E-state index in [1.54, 1.807) is 24.3 Å². The van der Waals surface area contributed by atoms with Crippen molar-refractivity contribution in [2.45, 2.75) is 12.4 Å². The Kier molecular flexibility index (Phi) is 7.84. The number of hydrogen-bond acceptors (Lipinski definition) is 5. The molecule has 1 aromatic carbocycles. The van der Waals surface area contributed by atoms with Crippen LogP contribution in [0.15, 0.2) is 24.3 Å². The van der Waals surface area contributed by atoms with E-state index in [1.807, 2.05) is 0 Å². The number of hydrogen-bond donors (Lipinski definition) is 1. The molecule has 0 heterocycles. The molecule has 1 aromatic rings. The number of ether oxygens (including phenoxy) is 2. The number of sulfonamides is 1. The Morgan fingerprint density at radius 3 is 2.19 bits per heavy atom. The highest BCUT2D eigenvalue weighted by molar-refractivity contribution is 7.88. The van der Waals surface area contributed by atoms with Crippen LogP contribution in [0, 0.1) is 0 Å². The lowest BCUT2D eigenvalue weighted by Gasteiger charge is -2.21. The van der Waals surface area contributed by atoms with E-state index in [4.69, 9.17) is 14.6 Å². The van der Waals surface area contributed by atoms with E-state index in [9.17, 15) is 8.42 Å². The summed E-state index contributed by atoms with van der Waals surface area (Å²) in [5.41, 5.74) is 1.35. The first-order valence-electron chi connectivity index (χ1n) is 6.68. The minimum atomic E-state index is -3.45. The summed E-state index contributed by atoms with van der Waals surface area (Å²) < 4.78 is 36.2. The van der Waals surface area contributed by atoms with Crippen LogP contribution >= 0.6 is 0 Å². The molecule has 0 amide bonds. The maximum atomic E-state index is 12.5. The largest absolute Gasteiger partial charge is 0.392 e. The molecule has 0 bridgehead atoms. The third-order valence-corrected chi connectivity index (χ3v) is 4.86. The first kappa shape index (κ1) is 18.1. The number of methoxy groups -OCH3 is 2. The van der Waals surface area contributed by atoms with Crippen molar-refractivity contribution in [3.63, 3.8) is 0 Å². The van der Waals surface area contributed by atoms with Gasteiger partial charge in [-0.15, -0.1) is 0 Å². The minimum absolute atomic E-state index is 0.103. The fourth-order valence-corrected chi connectivity index (χ4v) is 3.38. The molecule has 7 heteroatoms. The average molecular weight is 317 g/mol. The quantitative estimate of drug-likeness (QED) is 0.684. The zero-order chi connectivity index (χ0) is 15.7. The number of rotatable bonds is 10. The van der Waals surface area contributed by atoms with Crippen LogP contribution in [0.2, 0.25) is 0 Å². The summed E-state index contributed by atoms with van der Waals surface area (Å²) >= 11 is 0. The molecule has 0 aromatic heterocycles. The summed E-state index contributed by atoms with van der Waals surface area (Å²) in [4.78, 5) is 0. The fourth-order valence-electron chi connectivity index (χ4n) is 1.90. The van der Waals surface area contributed by atoms with Gasteiger partial charge < -0.3 is 14.6 Å². The van der Waals surface area contributed by atoms with Gasteiger partial charge in [0.2, 0.25) is 10.0 Å². The molecular weight excluding hydrogens is 294 g/mol. The molecule has 0 aliphatic carbocycles. The van der Waals surface area contributed by atoms with Crippen LogP contribution in [0.4, 0.5) is 0 Å². The third-order valence-electron chi connectivity index (χ3n) is 3.01. The van der Waals surface area contributed by atoms with E-state index >= 15 is 0 Å². The lowest BCUT2D eigenvalue weighted by molar-refractivity contribution is 0.150. The molecule has 0 spiro atoms. The summed E-state index contributed by atoms with van der Waals surface area (Å²) in [6.07, 6.45) is 0. The molecule has 0 unspecified atom stereocenters. The molecule has 0 aliphatic rings. The van der Waals surface area contributed by atoms with E-state index in [1.165, 1.54) is 18.5 Å². The van der Waals surface area contributed by atoms with Crippen molar-refractivity contribution in [2.24, 2.45) is 0 Å². The molecule has 1 N–H and O–H groups in total. The Bertz CT molecular complexity index is 510. The van der Waals surface area contributed by atoms with Gasteiger partial charge in [0.1, 0.15) is 0 Å². The van der Waals surface area contributed by atoms with Crippen LogP contribution in [0.5, 0.6) is 0 Å². The molecule has 0 saturated heterocycles. The van der Waals surface area contributed by atoms with Crippen LogP contribution in [-0.4, -0.2) is 58.4 Å². The second-order valence-corrected chi connectivity index (χ2v) is 6.59. The molecule has 120 valence electrons. The topological polar surface area (TPSA) is 76.1 Å². The smallest absolute Gasteiger partial charge is 0.218 e. The predicted octanol–water partition coefficient (Wildman–Crippen LogP) is 0.604. The van der Waals surface area contributed by atoms with Crippen molar-refractivity contribution >= 4 is 10.0 Å². The molecule has 1 rings (SSSR count). The van der Waals surface area contributed by atoms with Crippen molar-refractivity contribution in [1.82, 2.24) is 4.31 Å². The van der Waals surface area contributed by atoms with Gasteiger partial charge in [0.05, 0.1) is 25.6 Å². The molecule has 0 radical (unpaired) electrons. The molecular formula is C14H23NO5S. The van der Waals surface area contributed by atoms with E-state index in [0.29, 0.717) is 37.4 Å². The summed E-state index contributed by atoms with van der Waals surface area (Å²) in [6, 6.07) is 6.93. The second kappa shape index (κ2) is 9.11. The van der Waals surface area contributed by atoms with Crippen molar-refractivity contribution in [3.8, 4) is 0 Å². The van der Waals surface area contributed by atoms with Gasteiger partial charge in [0, 0.05) is 27.3 Å². The van der Waals surface area contributed by atoms with Gasteiger partial charge in [-0.05, 0) is 11.1 Å². The van der Waals surface area contributed by atoms with Gasteiger partial charge in [-0.1, -0.05) is 24.3 Å². The Morgan fingerprint density at radius 2 is 1.67 bits per heavy atom. The first-order valence-corrected chi connectivity index (χ1v) is 8.28. The SMILES string of the molecule is COCCN(CCOC)S(=O)(=O)Cc1cccc(CO)c1. The van der Waals surface area contributed by atoms with Crippen molar-refractivity contribution in [1.29, 1.82) is 0 Å². The lowest BCUT2D eigenvalue weighted by atomic mass is 10.1. The highest BCUT2D eigenvalue weighted by Crippen LogP contribution is 2.13. The number of aliphatic hydroxyl groups is 1. The maximum absolute atomic E-state index is 12.5. The fraction of sp³-hybridized carbons (Fsp3) is 0.571. The van der Waals surface area contributed by atoms with Gasteiger partial charge in [-0.25, -0.2) is 8.42 Å². The number of nitrogens with zero attached hydrogens (tertiary/aromatic N) is 1. The monoisotopic (exact) mass is 317 g/mol. The number of benzene rings is 1. The molecule has 21 heavy (non-hydrogen) atoms. The second-order valence-electron chi connectivity index (χ2n) is 4.62. The standard InChI is InChI=1S/C14H23NO5S/c1-19-8-6-15(7-9-20-2)21(17,18)12-14-5-3-4-13(10-14)11-16/h3-5,10,16H,6-9,11-12H2,1-2H3. The molecule has 0 aliphatic heterocycles. The predicted molar refractivity (Wildman–Crippen MR) is 80.3 cm³/mol. The first-order chi connectivity index (χ1) is 10.0. The Hall–Kier alpha value is -0.990. The van der Waals surface area contributed by atoms with Gasteiger partial charge in [0.25, 0.3) is 0 Å². The van der Waals surface area contributed by atoms with Crippen molar-refractivity contribution in [2.75, 3.05) is 40.5 Å².